The summed E-state index contributed by atoms with van der Waals surface area (Å²) in [7, 11) is 0. The molecule has 1 aromatic rings. The Morgan fingerprint density at radius 2 is 1.73 bits per heavy atom. The Bertz CT molecular complexity index is 681. The van der Waals surface area contributed by atoms with Gasteiger partial charge in [-0.1, -0.05) is 0 Å². The van der Waals surface area contributed by atoms with Gasteiger partial charge in [-0.15, -0.1) is 0 Å². The molecule has 0 spiro atoms. The van der Waals surface area contributed by atoms with Crippen LogP contribution in [0, 0.1) is 30.1 Å². The first kappa shape index (κ1) is 17.7. The Morgan fingerprint density at radius 1 is 1.15 bits per heavy atom. The Kier molecular flexibility index (Phi) is 4.23. The Morgan fingerprint density at radius 3 is 2.27 bits per heavy atom. The van der Waals surface area contributed by atoms with Crippen molar-refractivity contribution in [2.75, 3.05) is 6.54 Å². The normalized spacial score (nSPS) is 32.7. The van der Waals surface area contributed by atoms with Gasteiger partial charge in [0.15, 0.2) is 0 Å². The molecule has 7 heteroatoms. The Balaban J connectivity index is 1.38. The first-order chi connectivity index (χ1) is 12.2. The molecule has 1 N–H and O–H groups in total. The predicted molar refractivity (Wildman–Crippen MR) is 89.1 cm³/mol. The van der Waals surface area contributed by atoms with Crippen LogP contribution in [0.2, 0.25) is 0 Å². The highest BCUT2D eigenvalue weighted by Crippen LogP contribution is 2.60. The summed E-state index contributed by atoms with van der Waals surface area (Å²) < 4.78 is 38.6. The fourth-order valence-corrected chi connectivity index (χ4v) is 5.75. The minimum Gasteiger partial charge on any atom is -0.355 e. The van der Waals surface area contributed by atoms with E-state index in [9.17, 15) is 18.0 Å². The number of hydrogen-bond donors (Lipinski definition) is 1. The summed E-state index contributed by atoms with van der Waals surface area (Å²) in [5.74, 6) is 2.26. The van der Waals surface area contributed by atoms with E-state index in [1.807, 2.05) is 0 Å². The number of nitrogens with zero attached hydrogens (tertiary/aromatic N) is 2. The highest BCUT2D eigenvalue weighted by atomic mass is 19.4. The molecule has 4 saturated carbocycles. The summed E-state index contributed by atoms with van der Waals surface area (Å²) in [5.41, 5.74) is -0.874. The number of aromatic nitrogens is 2. The van der Waals surface area contributed by atoms with Crippen molar-refractivity contribution in [2.24, 2.45) is 23.2 Å². The van der Waals surface area contributed by atoms with Crippen molar-refractivity contribution in [3.05, 3.63) is 23.3 Å². The monoisotopic (exact) mass is 367 g/mol. The number of carbonyl (C=O) groups is 1. The zero-order valence-corrected chi connectivity index (χ0v) is 14.9. The van der Waals surface area contributed by atoms with Crippen LogP contribution in [0.3, 0.4) is 0 Å². The number of amides is 1. The van der Waals surface area contributed by atoms with Gasteiger partial charge in [0.1, 0.15) is 11.5 Å². The van der Waals surface area contributed by atoms with E-state index >= 15 is 0 Å². The maximum atomic E-state index is 12.9. The average molecular weight is 367 g/mol. The van der Waals surface area contributed by atoms with Crippen molar-refractivity contribution in [3.63, 3.8) is 0 Å². The first-order valence-corrected chi connectivity index (χ1v) is 9.43. The lowest BCUT2D eigenvalue weighted by Gasteiger charge is -2.55. The molecule has 4 fully saturated rings. The number of alkyl halides is 3. The Labute approximate surface area is 151 Å². The van der Waals surface area contributed by atoms with E-state index in [4.69, 9.17) is 0 Å². The minimum absolute atomic E-state index is 0.0836. The Hall–Kier alpha value is -1.66. The largest absolute Gasteiger partial charge is 0.433 e. The van der Waals surface area contributed by atoms with Crippen molar-refractivity contribution >= 4 is 5.91 Å². The molecule has 26 heavy (non-hydrogen) atoms. The molecule has 0 atom stereocenters. The number of rotatable bonds is 4. The van der Waals surface area contributed by atoms with Gasteiger partial charge in [-0.05, 0) is 69.3 Å². The average Bonchev–Trinajstić information content (AvgIpc) is 2.52. The molecule has 1 aromatic heterocycles. The fraction of sp³-hybridized carbons (Fsp3) is 0.737. The standard InChI is InChI=1S/C19H24F3N3O/c1-11-4-15(19(20,21)22)25-16(24-11)2-3-23-17(26)18-8-12-5-13(9-18)7-14(6-12)10-18/h4,12-14H,2-3,5-10H2,1H3,(H,23,26). The topological polar surface area (TPSA) is 54.9 Å². The van der Waals surface area contributed by atoms with Crippen molar-refractivity contribution in [1.29, 1.82) is 0 Å². The summed E-state index contributed by atoms with van der Waals surface area (Å²) in [6, 6.07) is 0.942. The van der Waals surface area contributed by atoms with E-state index in [1.165, 1.54) is 26.2 Å². The van der Waals surface area contributed by atoms with Crippen molar-refractivity contribution < 1.29 is 18.0 Å². The summed E-state index contributed by atoms with van der Waals surface area (Å²) in [5, 5.41) is 2.97. The molecule has 4 aliphatic rings. The maximum Gasteiger partial charge on any atom is 0.433 e. The van der Waals surface area contributed by atoms with Crippen LogP contribution in [0.5, 0.6) is 0 Å². The van der Waals surface area contributed by atoms with E-state index in [-0.39, 0.29) is 35.8 Å². The van der Waals surface area contributed by atoms with Gasteiger partial charge in [0.2, 0.25) is 5.91 Å². The molecule has 0 aliphatic heterocycles. The van der Waals surface area contributed by atoms with Gasteiger partial charge in [-0.2, -0.15) is 13.2 Å². The lowest BCUT2D eigenvalue weighted by atomic mass is 9.49. The molecule has 1 amide bonds. The summed E-state index contributed by atoms with van der Waals surface area (Å²) in [6.45, 7) is 1.80. The zero-order chi connectivity index (χ0) is 18.5. The lowest BCUT2D eigenvalue weighted by Crippen LogP contribution is -2.53. The third kappa shape index (κ3) is 3.32. The maximum absolute atomic E-state index is 12.9. The molecular weight excluding hydrogens is 343 g/mol. The van der Waals surface area contributed by atoms with Gasteiger partial charge in [0, 0.05) is 24.1 Å². The molecule has 142 valence electrons. The van der Waals surface area contributed by atoms with E-state index < -0.39 is 11.9 Å². The molecule has 5 rings (SSSR count). The second-order valence-corrected chi connectivity index (χ2v) is 8.51. The number of hydrogen-bond acceptors (Lipinski definition) is 3. The summed E-state index contributed by atoms with van der Waals surface area (Å²) in [4.78, 5) is 20.5. The summed E-state index contributed by atoms with van der Waals surface area (Å²) >= 11 is 0. The van der Waals surface area contributed by atoms with E-state index in [2.05, 4.69) is 15.3 Å². The molecular formula is C19H24F3N3O. The molecule has 4 aliphatic carbocycles. The van der Waals surface area contributed by atoms with Crippen molar-refractivity contribution in [2.45, 2.75) is 58.0 Å². The third-order valence-corrected chi connectivity index (χ3v) is 6.35. The highest BCUT2D eigenvalue weighted by molar-refractivity contribution is 5.83. The second kappa shape index (κ2) is 6.20. The SMILES string of the molecule is Cc1cc(C(F)(F)F)nc(CCNC(=O)C23CC4CC(CC(C4)C2)C3)n1. The minimum atomic E-state index is -4.48. The van der Waals surface area contributed by atoms with Crippen molar-refractivity contribution in [3.8, 4) is 0 Å². The molecule has 0 aromatic carbocycles. The smallest absolute Gasteiger partial charge is 0.355 e. The van der Waals surface area contributed by atoms with Gasteiger partial charge in [0.05, 0.1) is 0 Å². The molecule has 0 radical (unpaired) electrons. The van der Waals surface area contributed by atoms with Crippen LogP contribution in [0.25, 0.3) is 0 Å². The lowest BCUT2D eigenvalue weighted by molar-refractivity contribution is -0.146. The molecule has 0 unspecified atom stereocenters. The molecule has 0 saturated heterocycles. The second-order valence-electron chi connectivity index (χ2n) is 8.51. The van der Waals surface area contributed by atoms with Crippen LogP contribution < -0.4 is 5.32 Å². The van der Waals surface area contributed by atoms with Crippen LogP contribution in [-0.4, -0.2) is 22.4 Å². The number of carbonyl (C=O) groups excluding carboxylic acids is 1. The number of nitrogens with one attached hydrogen (secondary N) is 1. The van der Waals surface area contributed by atoms with Crippen LogP contribution in [0.15, 0.2) is 6.07 Å². The quantitative estimate of drug-likeness (QED) is 0.883. The first-order valence-electron chi connectivity index (χ1n) is 9.43. The van der Waals surface area contributed by atoms with E-state index in [0.29, 0.717) is 17.8 Å². The number of halogens is 3. The number of aryl methyl sites for hydroxylation is 1. The third-order valence-electron chi connectivity index (χ3n) is 6.35. The van der Waals surface area contributed by atoms with Gasteiger partial charge in [0.25, 0.3) is 0 Å². The van der Waals surface area contributed by atoms with Crippen LogP contribution in [-0.2, 0) is 17.4 Å². The zero-order valence-electron chi connectivity index (χ0n) is 14.9. The van der Waals surface area contributed by atoms with Crippen molar-refractivity contribution in [1.82, 2.24) is 15.3 Å². The van der Waals surface area contributed by atoms with Gasteiger partial charge in [-0.3, -0.25) is 4.79 Å². The molecule has 4 nitrogen and oxygen atoms in total. The van der Waals surface area contributed by atoms with Crippen LogP contribution in [0.1, 0.15) is 55.7 Å². The van der Waals surface area contributed by atoms with E-state index in [1.54, 1.807) is 0 Å². The van der Waals surface area contributed by atoms with Gasteiger partial charge < -0.3 is 5.32 Å². The van der Waals surface area contributed by atoms with Crippen LogP contribution in [0.4, 0.5) is 13.2 Å². The molecule has 4 bridgehead atoms. The van der Waals surface area contributed by atoms with Gasteiger partial charge >= 0.3 is 6.18 Å². The molecule has 1 heterocycles. The predicted octanol–water partition coefficient (Wildman–Crippen LogP) is 3.68. The van der Waals surface area contributed by atoms with Gasteiger partial charge in [-0.25, -0.2) is 9.97 Å². The highest BCUT2D eigenvalue weighted by Gasteiger charge is 2.54. The fourth-order valence-electron chi connectivity index (χ4n) is 5.75. The van der Waals surface area contributed by atoms with Crippen LogP contribution >= 0.6 is 0 Å². The van der Waals surface area contributed by atoms with E-state index in [0.717, 1.165) is 25.3 Å². The summed E-state index contributed by atoms with van der Waals surface area (Å²) in [6.07, 6.45) is 2.46.